The van der Waals surface area contributed by atoms with Gasteiger partial charge in [-0.25, -0.2) is 4.98 Å². The Balaban J connectivity index is 1.39. The minimum Gasteiger partial charge on any atom is -0.483 e. The van der Waals surface area contributed by atoms with Gasteiger partial charge in [-0.2, -0.15) is 0 Å². The van der Waals surface area contributed by atoms with Crippen LogP contribution in [0.4, 0.5) is 5.69 Å². The van der Waals surface area contributed by atoms with Crippen LogP contribution in [0.15, 0.2) is 53.9 Å². The second kappa shape index (κ2) is 9.03. The van der Waals surface area contributed by atoms with E-state index in [4.69, 9.17) is 4.74 Å². The van der Waals surface area contributed by atoms with Crippen LogP contribution in [0.2, 0.25) is 0 Å². The van der Waals surface area contributed by atoms with E-state index in [9.17, 15) is 4.79 Å². The Morgan fingerprint density at radius 2 is 2.00 bits per heavy atom. The maximum absolute atomic E-state index is 12.4. The number of nitrogens with one attached hydrogen (secondary N) is 1. The van der Waals surface area contributed by atoms with E-state index in [1.54, 1.807) is 11.3 Å². The molecule has 1 N–H and O–H groups in total. The van der Waals surface area contributed by atoms with Crippen molar-refractivity contribution in [1.82, 2.24) is 4.98 Å². The Labute approximate surface area is 177 Å². The molecule has 4 rings (SSSR count). The highest BCUT2D eigenvalue weighted by molar-refractivity contribution is 8.19. The molecule has 1 aromatic heterocycles. The molecule has 4 nitrogen and oxygen atoms in total. The van der Waals surface area contributed by atoms with E-state index in [1.807, 2.05) is 78.3 Å². The van der Waals surface area contributed by atoms with Crippen LogP contribution >= 0.6 is 34.9 Å². The zero-order chi connectivity index (χ0) is 19.3. The van der Waals surface area contributed by atoms with Crippen molar-refractivity contribution >= 4 is 46.5 Å². The summed E-state index contributed by atoms with van der Waals surface area (Å²) in [5.41, 5.74) is 3.81. The van der Waals surface area contributed by atoms with Gasteiger partial charge in [0.2, 0.25) is 0 Å². The zero-order valence-electron chi connectivity index (χ0n) is 15.4. The van der Waals surface area contributed by atoms with Gasteiger partial charge in [0, 0.05) is 33.7 Å². The lowest BCUT2D eigenvalue weighted by atomic mass is 10.1. The molecule has 1 aliphatic heterocycles. The number of carbonyl (C=O) groups is 1. The summed E-state index contributed by atoms with van der Waals surface area (Å²) in [6.45, 7) is 1.97. The highest BCUT2D eigenvalue weighted by atomic mass is 32.2. The molecule has 0 bridgehead atoms. The summed E-state index contributed by atoms with van der Waals surface area (Å²) in [6, 6.07) is 15.7. The van der Waals surface area contributed by atoms with Crippen LogP contribution in [0.25, 0.3) is 11.3 Å². The number of hydrogen-bond acceptors (Lipinski definition) is 6. The number of amides is 1. The van der Waals surface area contributed by atoms with E-state index < -0.39 is 0 Å². The molecule has 1 saturated heterocycles. The van der Waals surface area contributed by atoms with Crippen LogP contribution in [0.5, 0.6) is 5.75 Å². The van der Waals surface area contributed by atoms with E-state index in [0.29, 0.717) is 4.58 Å². The second-order valence-corrected chi connectivity index (χ2v) is 10.1. The number of aromatic nitrogens is 1. The monoisotopic (exact) mass is 428 g/mol. The number of benzene rings is 2. The normalized spacial score (nSPS) is 14.2. The number of aryl methyl sites for hydroxylation is 1. The molecular formula is C21H20N2O2S3. The van der Waals surface area contributed by atoms with Gasteiger partial charge in [0.05, 0.1) is 15.3 Å². The molecule has 0 saturated carbocycles. The van der Waals surface area contributed by atoms with Crippen LogP contribution in [0.3, 0.4) is 0 Å². The number of carbonyl (C=O) groups excluding carboxylic acids is 1. The van der Waals surface area contributed by atoms with E-state index in [2.05, 4.69) is 16.4 Å². The van der Waals surface area contributed by atoms with Crippen LogP contribution in [0, 0.1) is 6.92 Å². The van der Waals surface area contributed by atoms with Gasteiger partial charge >= 0.3 is 0 Å². The molecule has 0 radical (unpaired) electrons. The zero-order valence-corrected chi connectivity index (χ0v) is 17.8. The molecular weight excluding hydrogens is 408 g/mol. The fourth-order valence-electron chi connectivity index (χ4n) is 2.94. The highest BCUT2D eigenvalue weighted by Crippen LogP contribution is 2.48. The van der Waals surface area contributed by atoms with Gasteiger partial charge in [-0.05, 0) is 25.1 Å². The SMILES string of the molecule is Cc1nc(-c2cccc(NC(=O)COc3ccccc3C3SCCS3)c2)cs1. The van der Waals surface area contributed by atoms with Crippen LogP contribution in [-0.2, 0) is 4.79 Å². The first-order valence-electron chi connectivity index (χ1n) is 8.96. The third-order valence-electron chi connectivity index (χ3n) is 4.21. The van der Waals surface area contributed by atoms with Crippen LogP contribution in [-0.4, -0.2) is 29.0 Å². The minimum absolute atomic E-state index is 0.0148. The van der Waals surface area contributed by atoms with Crippen molar-refractivity contribution in [3.8, 4) is 17.0 Å². The second-order valence-electron chi connectivity index (χ2n) is 6.28. The molecule has 144 valence electrons. The summed E-state index contributed by atoms with van der Waals surface area (Å²) < 4.78 is 6.24. The lowest BCUT2D eigenvalue weighted by molar-refractivity contribution is -0.118. The smallest absolute Gasteiger partial charge is 0.262 e. The van der Waals surface area contributed by atoms with Crippen molar-refractivity contribution in [2.24, 2.45) is 0 Å². The van der Waals surface area contributed by atoms with E-state index >= 15 is 0 Å². The van der Waals surface area contributed by atoms with Crippen molar-refractivity contribution in [1.29, 1.82) is 0 Å². The van der Waals surface area contributed by atoms with Gasteiger partial charge < -0.3 is 10.1 Å². The van der Waals surface area contributed by atoms with Crippen LogP contribution in [0.1, 0.15) is 15.2 Å². The first-order valence-corrected chi connectivity index (χ1v) is 11.9. The third-order valence-corrected chi connectivity index (χ3v) is 8.06. The fourth-order valence-corrected chi connectivity index (χ4v) is 6.47. The molecule has 0 atom stereocenters. The molecule has 0 unspecified atom stereocenters. The lowest BCUT2D eigenvalue weighted by Crippen LogP contribution is -2.20. The Kier molecular flexibility index (Phi) is 6.24. The fraction of sp³-hybridized carbons (Fsp3) is 0.238. The van der Waals surface area contributed by atoms with E-state index in [0.717, 1.165) is 44.8 Å². The first-order chi connectivity index (χ1) is 13.7. The molecule has 1 fully saturated rings. The number of nitrogens with zero attached hydrogens (tertiary/aromatic N) is 1. The topological polar surface area (TPSA) is 51.2 Å². The number of para-hydroxylation sites is 1. The maximum Gasteiger partial charge on any atom is 0.262 e. The van der Waals surface area contributed by atoms with Crippen molar-refractivity contribution in [3.05, 3.63) is 64.5 Å². The highest BCUT2D eigenvalue weighted by Gasteiger charge is 2.21. The van der Waals surface area contributed by atoms with Gasteiger partial charge in [-0.1, -0.05) is 30.3 Å². The first kappa shape index (κ1) is 19.4. The van der Waals surface area contributed by atoms with Gasteiger partial charge in [0.1, 0.15) is 5.75 Å². The van der Waals surface area contributed by atoms with Gasteiger partial charge in [-0.3, -0.25) is 4.79 Å². The van der Waals surface area contributed by atoms with Crippen molar-refractivity contribution in [3.63, 3.8) is 0 Å². The standard InChI is InChI=1S/C21H20N2O2S3/c1-14-22-18(13-28-14)15-5-4-6-16(11-15)23-20(24)12-25-19-8-3-2-7-17(19)21-26-9-10-27-21/h2-8,11,13,21H,9-10,12H2,1H3,(H,23,24). The van der Waals surface area contributed by atoms with Crippen LogP contribution < -0.4 is 10.1 Å². The molecule has 3 aromatic rings. The Morgan fingerprint density at radius 1 is 1.18 bits per heavy atom. The Bertz CT molecular complexity index is 968. The average molecular weight is 429 g/mol. The molecule has 2 heterocycles. The number of hydrogen-bond donors (Lipinski definition) is 1. The van der Waals surface area contributed by atoms with Crippen molar-refractivity contribution in [2.45, 2.75) is 11.5 Å². The molecule has 0 aliphatic carbocycles. The maximum atomic E-state index is 12.4. The molecule has 7 heteroatoms. The summed E-state index contributed by atoms with van der Waals surface area (Å²) in [5, 5.41) is 5.97. The summed E-state index contributed by atoms with van der Waals surface area (Å²) in [5.74, 6) is 2.92. The summed E-state index contributed by atoms with van der Waals surface area (Å²) in [4.78, 5) is 16.9. The number of rotatable bonds is 6. The van der Waals surface area contributed by atoms with E-state index in [-0.39, 0.29) is 12.5 Å². The predicted molar refractivity (Wildman–Crippen MR) is 121 cm³/mol. The quantitative estimate of drug-likeness (QED) is 0.553. The number of thioether (sulfide) groups is 2. The molecule has 28 heavy (non-hydrogen) atoms. The molecule has 2 aromatic carbocycles. The summed E-state index contributed by atoms with van der Waals surface area (Å²) in [7, 11) is 0. The number of anilines is 1. The molecule has 0 spiro atoms. The van der Waals surface area contributed by atoms with E-state index in [1.165, 1.54) is 0 Å². The Morgan fingerprint density at radius 3 is 2.79 bits per heavy atom. The van der Waals surface area contributed by atoms with Gasteiger partial charge in [0.15, 0.2) is 6.61 Å². The third kappa shape index (κ3) is 4.71. The summed E-state index contributed by atoms with van der Waals surface area (Å²) in [6.07, 6.45) is 0. The van der Waals surface area contributed by atoms with Crippen molar-refractivity contribution < 1.29 is 9.53 Å². The van der Waals surface area contributed by atoms with Gasteiger partial charge in [0.25, 0.3) is 5.91 Å². The number of ether oxygens (including phenoxy) is 1. The molecule has 1 amide bonds. The average Bonchev–Trinajstić information content (AvgIpc) is 3.39. The van der Waals surface area contributed by atoms with Gasteiger partial charge in [-0.15, -0.1) is 34.9 Å². The lowest BCUT2D eigenvalue weighted by Gasteiger charge is -2.15. The summed E-state index contributed by atoms with van der Waals surface area (Å²) >= 11 is 5.46. The minimum atomic E-state index is -0.173. The Hall–Kier alpha value is -1.96. The predicted octanol–water partition coefficient (Wildman–Crippen LogP) is 5.61. The van der Waals surface area contributed by atoms with Crippen molar-refractivity contribution in [2.75, 3.05) is 23.4 Å². The number of thiazole rings is 1. The molecule has 1 aliphatic rings. The largest absolute Gasteiger partial charge is 0.483 e.